The lowest BCUT2D eigenvalue weighted by atomic mass is 9.63. The number of aliphatic hydroxyl groups is 1. The molecule has 2 nitrogen and oxygen atoms in total. The molecule has 0 aromatic carbocycles. The van der Waals surface area contributed by atoms with Crippen molar-refractivity contribution in [1.82, 2.24) is 0 Å². The first kappa shape index (κ1) is 12.4. The van der Waals surface area contributed by atoms with E-state index in [9.17, 15) is 9.90 Å². The molecule has 1 N–H and O–H groups in total. The van der Waals surface area contributed by atoms with Crippen molar-refractivity contribution in [3.05, 3.63) is 12.2 Å². The average Bonchev–Trinajstić information content (AvgIpc) is 2.77. The van der Waals surface area contributed by atoms with E-state index >= 15 is 0 Å². The van der Waals surface area contributed by atoms with Crippen molar-refractivity contribution in [1.29, 1.82) is 0 Å². The van der Waals surface area contributed by atoms with Crippen LogP contribution in [0.25, 0.3) is 0 Å². The van der Waals surface area contributed by atoms with Crippen LogP contribution < -0.4 is 0 Å². The Bertz CT molecular complexity index is 387. The highest BCUT2D eigenvalue weighted by Gasteiger charge is 2.66. The average molecular weight is 248 g/mol. The Hall–Kier alpha value is -0.630. The molecule has 0 heterocycles. The molecule has 0 saturated heterocycles. The molecule has 3 saturated carbocycles. The van der Waals surface area contributed by atoms with E-state index in [1.54, 1.807) is 0 Å². The highest BCUT2D eigenvalue weighted by molar-refractivity contribution is 5.88. The Balaban J connectivity index is 2.00. The molecule has 0 aromatic heterocycles. The lowest BCUT2D eigenvalue weighted by Crippen LogP contribution is -2.42. The third kappa shape index (κ3) is 1.36. The first-order chi connectivity index (χ1) is 8.63. The highest BCUT2D eigenvalue weighted by Crippen LogP contribution is 2.67. The summed E-state index contributed by atoms with van der Waals surface area (Å²) in [5.74, 6) is 1.50. The van der Waals surface area contributed by atoms with Crippen molar-refractivity contribution in [2.45, 2.75) is 58.0 Å². The van der Waals surface area contributed by atoms with Crippen LogP contribution >= 0.6 is 0 Å². The zero-order valence-electron chi connectivity index (χ0n) is 11.3. The summed E-state index contributed by atoms with van der Waals surface area (Å²) in [4.78, 5) is 12.6. The molecule has 0 amide bonds. The summed E-state index contributed by atoms with van der Waals surface area (Å²) in [5, 5.41) is 10.3. The van der Waals surface area contributed by atoms with Crippen LogP contribution in [0.5, 0.6) is 0 Å². The largest absolute Gasteiger partial charge is 0.392 e. The number of rotatable bonds is 3. The number of hydrogen-bond acceptors (Lipinski definition) is 2. The number of carbonyl (C=O) groups is 1. The van der Waals surface area contributed by atoms with Gasteiger partial charge in [0.1, 0.15) is 5.78 Å². The van der Waals surface area contributed by atoms with Crippen molar-refractivity contribution >= 4 is 5.78 Å². The Morgan fingerprint density at radius 2 is 2.22 bits per heavy atom. The third-order valence-corrected chi connectivity index (χ3v) is 5.89. The van der Waals surface area contributed by atoms with E-state index in [-0.39, 0.29) is 17.4 Å². The topological polar surface area (TPSA) is 37.3 Å². The third-order valence-electron chi connectivity index (χ3n) is 5.89. The zero-order valence-corrected chi connectivity index (χ0v) is 11.3. The van der Waals surface area contributed by atoms with Gasteiger partial charge in [-0.2, -0.15) is 0 Å². The minimum absolute atomic E-state index is 0.0827. The number of Topliss-reactive ketones (excluding diaryl/α,β-unsaturated/α-hetero) is 1. The van der Waals surface area contributed by atoms with Gasteiger partial charge >= 0.3 is 0 Å². The number of ketones is 1. The van der Waals surface area contributed by atoms with E-state index < -0.39 is 0 Å². The number of hydrogen-bond donors (Lipinski definition) is 1. The monoisotopic (exact) mass is 248 g/mol. The molecular formula is C16H24O2. The fraction of sp³-hybridized carbons (Fsp3) is 0.812. The number of unbranched alkanes of at least 4 members (excludes halogenated alkanes) is 1. The van der Waals surface area contributed by atoms with Crippen LogP contribution in [-0.4, -0.2) is 17.0 Å². The van der Waals surface area contributed by atoms with Crippen LogP contribution in [0.4, 0.5) is 0 Å². The van der Waals surface area contributed by atoms with Gasteiger partial charge in [-0.3, -0.25) is 4.79 Å². The van der Waals surface area contributed by atoms with E-state index in [1.165, 1.54) is 18.4 Å². The number of aliphatic hydroxyl groups excluding tert-OH is 1. The normalized spacial score (nSPS) is 46.6. The molecule has 2 bridgehead atoms. The second-order valence-corrected chi connectivity index (χ2v) is 6.52. The second-order valence-electron chi connectivity index (χ2n) is 6.52. The number of fused-ring (bicyclic) bond motifs is 1. The first-order valence-electron chi connectivity index (χ1n) is 7.53. The van der Waals surface area contributed by atoms with Gasteiger partial charge in [-0.25, -0.2) is 0 Å². The van der Waals surface area contributed by atoms with Gasteiger partial charge in [-0.05, 0) is 37.5 Å². The van der Waals surface area contributed by atoms with E-state index in [0.29, 0.717) is 17.6 Å². The quantitative estimate of drug-likeness (QED) is 0.779. The van der Waals surface area contributed by atoms with Gasteiger partial charge in [-0.15, -0.1) is 0 Å². The molecule has 0 radical (unpaired) electrons. The molecule has 0 aromatic rings. The van der Waals surface area contributed by atoms with E-state index in [2.05, 4.69) is 13.5 Å². The molecular weight excluding hydrogens is 224 g/mol. The van der Waals surface area contributed by atoms with Crippen molar-refractivity contribution in [2.75, 3.05) is 0 Å². The summed E-state index contributed by atoms with van der Waals surface area (Å²) in [6.07, 6.45) is 6.63. The summed E-state index contributed by atoms with van der Waals surface area (Å²) < 4.78 is 0. The zero-order chi connectivity index (χ0) is 12.9. The van der Waals surface area contributed by atoms with Gasteiger partial charge in [-0.1, -0.05) is 31.9 Å². The maximum Gasteiger partial charge on any atom is 0.140 e. The van der Waals surface area contributed by atoms with Crippen LogP contribution in [0.1, 0.15) is 51.9 Å². The van der Waals surface area contributed by atoms with E-state index in [0.717, 1.165) is 32.1 Å². The molecule has 3 aliphatic carbocycles. The molecule has 0 aliphatic heterocycles. The smallest absolute Gasteiger partial charge is 0.140 e. The number of carbonyl (C=O) groups excluding carboxylic acids is 1. The van der Waals surface area contributed by atoms with Crippen LogP contribution in [0.3, 0.4) is 0 Å². The SMILES string of the molecule is C=C1C2CCC(=O)C3(CC[C@@H](O)[C@@H]13)C2CCCC. The van der Waals surface area contributed by atoms with Crippen molar-refractivity contribution < 1.29 is 9.90 Å². The van der Waals surface area contributed by atoms with Gasteiger partial charge in [0.2, 0.25) is 0 Å². The second kappa shape index (κ2) is 4.19. The maximum absolute atomic E-state index is 12.6. The fourth-order valence-corrected chi connectivity index (χ4v) is 5.20. The minimum atomic E-state index is -0.311. The fourth-order valence-electron chi connectivity index (χ4n) is 5.20. The summed E-state index contributed by atoms with van der Waals surface area (Å²) >= 11 is 0. The predicted molar refractivity (Wildman–Crippen MR) is 71.0 cm³/mol. The van der Waals surface area contributed by atoms with Crippen molar-refractivity contribution in [2.24, 2.45) is 23.2 Å². The lowest BCUT2D eigenvalue weighted by Gasteiger charge is -2.39. The first-order valence-corrected chi connectivity index (χ1v) is 7.53. The Labute approximate surface area is 109 Å². The summed E-state index contributed by atoms with van der Waals surface area (Å²) in [6, 6.07) is 0. The van der Waals surface area contributed by atoms with Crippen LogP contribution in [0, 0.1) is 23.2 Å². The molecule has 100 valence electrons. The summed E-state index contributed by atoms with van der Waals surface area (Å²) in [7, 11) is 0. The van der Waals surface area contributed by atoms with Crippen molar-refractivity contribution in [3.8, 4) is 0 Å². The van der Waals surface area contributed by atoms with Gasteiger partial charge < -0.3 is 5.11 Å². The van der Waals surface area contributed by atoms with E-state index in [4.69, 9.17) is 0 Å². The maximum atomic E-state index is 12.6. The summed E-state index contributed by atoms with van der Waals surface area (Å²) in [5.41, 5.74) is 0.987. The van der Waals surface area contributed by atoms with Crippen molar-refractivity contribution in [3.63, 3.8) is 0 Å². The standard InChI is InChI=1S/C16H24O2/c1-3-4-5-12-11-6-7-14(18)16(12)9-8-13(17)15(16)10(11)2/h11-13,15,17H,2-9H2,1H3/t11?,12?,13-,15-,16?/m1/s1. The molecule has 3 rings (SSSR count). The lowest BCUT2D eigenvalue weighted by molar-refractivity contribution is -0.136. The molecule has 18 heavy (non-hydrogen) atoms. The highest BCUT2D eigenvalue weighted by atomic mass is 16.3. The molecule has 2 heteroatoms. The van der Waals surface area contributed by atoms with Crippen LogP contribution in [-0.2, 0) is 4.79 Å². The predicted octanol–water partition coefficient (Wildman–Crippen LogP) is 3.10. The molecule has 1 spiro atoms. The Kier molecular flexibility index (Phi) is 2.89. The van der Waals surface area contributed by atoms with Gasteiger partial charge in [0, 0.05) is 17.8 Å². The molecule has 3 aliphatic rings. The van der Waals surface area contributed by atoms with E-state index in [1.807, 2.05) is 0 Å². The Morgan fingerprint density at radius 1 is 1.44 bits per heavy atom. The van der Waals surface area contributed by atoms with Gasteiger partial charge in [0.15, 0.2) is 0 Å². The van der Waals surface area contributed by atoms with Gasteiger partial charge in [0.25, 0.3) is 0 Å². The van der Waals surface area contributed by atoms with Crippen LogP contribution in [0.15, 0.2) is 12.2 Å². The Morgan fingerprint density at radius 3 is 2.94 bits per heavy atom. The summed E-state index contributed by atoms with van der Waals surface area (Å²) in [6.45, 7) is 6.47. The molecule has 3 fully saturated rings. The minimum Gasteiger partial charge on any atom is -0.392 e. The molecule has 5 atom stereocenters. The van der Waals surface area contributed by atoms with Gasteiger partial charge in [0.05, 0.1) is 6.10 Å². The molecule has 3 unspecified atom stereocenters. The van der Waals surface area contributed by atoms with Crippen LogP contribution in [0.2, 0.25) is 0 Å².